The van der Waals surface area contributed by atoms with Crippen LogP contribution in [0.1, 0.15) is 50.3 Å². The number of aromatic amines is 1. The molecule has 2 aromatic heterocycles. The van der Waals surface area contributed by atoms with Crippen molar-refractivity contribution in [3.63, 3.8) is 0 Å². The Morgan fingerprint density at radius 3 is 2.10 bits per heavy atom. The largest absolute Gasteiger partial charge is 0.343 e. The molecular weight excluding hydrogens is 388 g/mol. The van der Waals surface area contributed by atoms with Gasteiger partial charge in [-0.05, 0) is 25.7 Å². The van der Waals surface area contributed by atoms with Crippen LogP contribution in [0.2, 0.25) is 0 Å². The van der Waals surface area contributed by atoms with Gasteiger partial charge < -0.3 is 14.8 Å². The number of aryl methyl sites for hydroxylation is 1. The molecule has 2 fully saturated rings. The van der Waals surface area contributed by atoms with E-state index in [2.05, 4.69) is 9.97 Å². The van der Waals surface area contributed by atoms with Crippen LogP contribution in [0.3, 0.4) is 0 Å². The molecule has 162 valence electrons. The van der Waals surface area contributed by atoms with Crippen molar-refractivity contribution >= 4 is 23.0 Å². The van der Waals surface area contributed by atoms with Crippen LogP contribution < -0.4 is 11.2 Å². The summed E-state index contributed by atoms with van der Waals surface area (Å²) in [6.07, 6.45) is 4.08. The quantitative estimate of drug-likeness (QED) is 0.758. The number of likely N-dealkylation sites (tertiary alicyclic amines) is 2. The van der Waals surface area contributed by atoms with Crippen molar-refractivity contribution in [2.45, 2.75) is 44.4 Å². The van der Waals surface area contributed by atoms with Crippen LogP contribution in [0.15, 0.2) is 9.59 Å². The first-order valence-corrected chi connectivity index (χ1v) is 10.6. The third-order valence-electron chi connectivity index (χ3n) is 6.36. The highest BCUT2D eigenvalue weighted by Crippen LogP contribution is 2.27. The summed E-state index contributed by atoms with van der Waals surface area (Å²) in [7, 11) is 3.04. The third kappa shape index (κ3) is 3.66. The van der Waals surface area contributed by atoms with Gasteiger partial charge >= 0.3 is 5.69 Å². The lowest BCUT2D eigenvalue weighted by Gasteiger charge is -2.31. The Bertz CT molecular complexity index is 1080. The Hall–Kier alpha value is -2.91. The van der Waals surface area contributed by atoms with E-state index >= 15 is 0 Å². The molecule has 1 N–H and O–H groups in total. The number of hydrogen-bond acceptors (Lipinski definition) is 5. The Morgan fingerprint density at radius 1 is 0.933 bits per heavy atom. The molecule has 10 heteroatoms. The van der Waals surface area contributed by atoms with E-state index in [4.69, 9.17) is 0 Å². The van der Waals surface area contributed by atoms with Gasteiger partial charge in [0.2, 0.25) is 11.8 Å². The molecule has 30 heavy (non-hydrogen) atoms. The number of imidazole rings is 1. The highest BCUT2D eigenvalue weighted by Gasteiger charge is 2.27. The first-order valence-electron chi connectivity index (χ1n) is 10.6. The van der Waals surface area contributed by atoms with Crippen molar-refractivity contribution in [3.05, 3.63) is 26.7 Å². The molecule has 0 saturated carbocycles. The van der Waals surface area contributed by atoms with E-state index in [1.165, 1.54) is 11.6 Å². The van der Waals surface area contributed by atoms with Gasteiger partial charge in [-0.15, -0.1) is 0 Å². The summed E-state index contributed by atoms with van der Waals surface area (Å²) in [4.78, 5) is 60.4. The predicted molar refractivity (Wildman–Crippen MR) is 110 cm³/mol. The minimum atomic E-state index is -0.408. The van der Waals surface area contributed by atoms with E-state index in [1.807, 2.05) is 9.80 Å². The van der Waals surface area contributed by atoms with Crippen LogP contribution in [-0.2, 0) is 23.7 Å². The molecule has 4 heterocycles. The Kier molecular flexibility index (Phi) is 5.48. The lowest BCUT2D eigenvalue weighted by molar-refractivity contribution is -0.137. The standard InChI is InChI=1S/C20H28N6O4/c1-23-18-16(19(29)24(2)20(23)30)21-17(22-18)13-7-11-26(12-8-13)15(28)6-5-14(27)25-9-3-4-10-25/h13H,3-12H2,1-2H3,(H,21,22). The Morgan fingerprint density at radius 2 is 1.50 bits per heavy atom. The number of carbonyl (C=O) groups is 2. The van der Waals surface area contributed by atoms with Crippen LogP contribution in [-0.4, -0.2) is 66.9 Å². The number of hydrogen-bond donors (Lipinski definition) is 1. The van der Waals surface area contributed by atoms with Crippen molar-refractivity contribution in [3.8, 4) is 0 Å². The van der Waals surface area contributed by atoms with Gasteiger partial charge in [0.1, 0.15) is 11.3 Å². The summed E-state index contributed by atoms with van der Waals surface area (Å²) >= 11 is 0. The van der Waals surface area contributed by atoms with Gasteiger partial charge in [-0.25, -0.2) is 9.78 Å². The average Bonchev–Trinajstić information content (AvgIpc) is 3.45. The van der Waals surface area contributed by atoms with Crippen molar-refractivity contribution < 1.29 is 9.59 Å². The predicted octanol–water partition coefficient (Wildman–Crippen LogP) is 0.0689. The molecule has 2 aliphatic heterocycles. The summed E-state index contributed by atoms with van der Waals surface area (Å²) in [5.74, 6) is 0.860. The molecule has 0 unspecified atom stereocenters. The van der Waals surface area contributed by atoms with Crippen molar-refractivity contribution in [1.82, 2.24) is 28.9 Å². The maximum atomic E-state index is 12.5. The topological polar surface area (TPSA) is 113 Å². The van der Waals surface area contributed by atoms with E-state index in [-0.39, 0.29) is 36.1 Å². The minimum absolute atomic E-state index is 0.0156. The van der Waals surface area contributed by atoms with Crippen molar-refractivity contribution in [1.29, 1.82) is 0 Å². The number of carbonyl (C=O) groups excluding carboxylic acids is 2. The fourth-order valence-corrected chi connectivity index (χ4v) is 4.44. The monoisotopic (exact) mass is 416 g/mol. The summed E-state index contributed by atoms with van der Waals surface area (Å²) in [5.41, 5.74) is -0.109. The fourth-order valence-electron chi connectivity index (χ4n) is 4.44. The molecule has 2 saturated heterocycles. The minimum Gasteiger partial charge on any atom is -0.343 e. The van der Waals surface area contributed by atoms with Gasteiger partial charge in [-0.3, -0.25) is 23.5 Å². The van der Waals surface area contributed by atoms with Crippen LogP contribution in [0.4, 0.5) is 0 Å². The molecule has 2 aromatic rings. The Balaban J connectivity index is 1.37. The highest BCUT2D eigenvalue weighted by atomic mass is 16.2. The molecule has 0 radical (unpaired) electrons. The number of H-pyrrole nitrogens is 1. The van der Waals surface area contributed by atoms with E-state index in [1.54, 1.807) is 7.05 Å². The van der Waals surface area contributed by atoms with Gasteiger partial charge in [0, 0.05) is 59.0 Å². The lowest BCUT2D eigenvalue weighted by atomic mass is 9.96. The molecule has 0 atom stereocenters. The molecule has 2 amide bonds. The second-order valence-corrected chi connectivity index (χ2v) is 8.27. The summed E-state index contributed by atoms with van der Waals surface area (Å²) in [6, 6.07) is 0. The van der Waals surface area contributed by atoms with Gasteiger partial charge in [-0.2, -0.15) is 0 Å². The zero-order valence-electron chi connectivity index (χ0n) is 17.5. The van der Waals surface area contributed by atoms with E-state index in [9.17, 15) is 19.2 Å². The second kappa shape index (κ2) is 8.08. The lowest BCUT2D eigenvalue weighted by Crippen LogP contribution is -2.38. The van der Waals surface area contributed by atoms with E-state index in [0.29, 0.717) is 30.1 Å². The number of fused-ring (bicyclic) bond motifs is 1. The van der Waals surface area contributed by atoms with Crippen LogP contribution in [0, 0.1) is 0 Å². The van der Waals surface area contributed by atoms with Gasteiger partial charge in [0.05, 0.1) is 0 Å². The average molecular weight is 416 g/mol. The number of rotatable bonds is 4. The number of piperidine rings is 1. The molecule has 2 aliphatic rings. The first-order chi connectivity index (χ1) is 14.4. The summed E-state index contributed by atoms with van der Waals surface area (Å²) in [6.45, 7) is 2.81. The van der Waals surface area contributed by atoms with Crippen LogP contribution >= 0.6 is 0 Å². The van der Waals surface area contributed by atoms with Gasteiger partial charge in [-0.1, -0.05) is 0 Å². The van der Waals surface area contributed by atoms with Gasteiger partial charge in [0.25, 0.3) is 5.56 Å². The SMILES string of the molecule is Cn1c(=O)c2[nH]c(C3CCN(C(=O)CCC(=O)N4CCCC4)CC3)nc2n(C)c1=O. The van der Waals surface area contributed by atoms with E-state index in [0.717, 1.165) is 43.3 Å². The summed E-state index contributed by atoms with van der Waals surface area (Å²) < 4.78 is 2.43. The van der Waals surface area contributed by atoms with Gasteiger partial charge in [0.15, 0.2) is 5.65 Å². The number of nitrogens with zero attached hydrogens (tertiary/aromatic N) is 5. The van der Waals surface area contributed by atoms with Crippen LogP contribution in [0.5, 0.6) is 0 Å². The van der Waals surface area contributed by atoms with Crippen molar-refractivity contribution in [2.24, 2.45) is 14.1 Å². The zero-order valence-corrected chi connectivity index (χ0v) is 17.5. The maximum Gasteiger partial charge on any atom is 0.332 e. The number of amides is 2. The molecule has 0 bridgehead atoms. The second-order valence-electron chi connectivity index (χ2n) is 8.27. The molecule has 0 aliphatic carbocycles. The molecule has 4 rings (SSSR count). The number of aromatic nitrogens is 4. The third-order valence-corrected chi connectivity index (χ3v) is 6.36. The zero-order chi connectivity index (χ0) is 21.4. The highest BCUT2D eigenvalue weighted by molar-refractivity contribution is 5.84. The molecule has 0 spiro atoms. The molecular formula is C20H28N6O4. The smallest absolute Gasteiger partial charge is 0.332 e. The first kappa shape index (κ1) is 20.4. The van der Waals surface area contributed by atoms with Crippen molar-refractivity contribution in [2.75, 3.05) is 26.2 Å². The van der Waals surface area contributed by atoms with E-state index < -0.39 is 5.69 Å². The summed E-state index contributed by atoms with van der Waals surface area (Å²) in [5, 5.41) is 0. The van der Waals surface area contributed by atoms with Crippen LogP contribution in [0.25, 0.3) is 11.2 Å². The normalized spacial score (nSPS) is 17.8. The number of nitrogens with one attached hydrogen (secondary N) is 1. The fraction of sp³-hybridized carbons (Fsp3) is 0.650. The molecule has 10 nitrogen and oxygen atoms in total. The molecule has 0 aromatic carbocycles. The Labute approximate surface area is 173 Å². The maximum absolute atomic E-state index is 12.5.